The molecule has 0 radical (unpaired) electrons. The van der Waals surface area contributed by atoms with E-state index in [1.165, 1.54) is 44.5 Å². The highest BCUT2D eigenvalue weighted by Gasteiger charge is 2.52. The molecule has 9 aromatic carbocycles. The smallest absolute Gasteiger partial charge is 0.135 e. The Morgan fingerprint density at radius 2 is 0.828 bits per heavy atom. The molecule has 0 amide bonds. The van der Waals surface area contributed by atoms with Gasteiger partial charge in [0, 0.05) is 44.8 Å². The largest absolute Gasteiger partial charge is 0.456 e. The van der Waals surface area contributed by atoms with Crippen LogP contribution in [-0.2, 0) is 5.41 Å². The predicted molar refractivity (Wildman–Crippen MR) is 239 cm³/mol. The molecular formula is C55H36N2O. The number of para-hydroxylation sites is 4. The van der Waals surface area contributed by atoms with E-state index in [0.717, 1.165) is 56.1 Å². The van der Waals surface area contributed by atoms with Crippen LogP contribution in [0.15, 0.2) is 223 Å². The Morgan fingerprint density at radius 3 is 1.55 bits per heavy atom. The molecular weight excluding hydrogens is 705 g/mol. The van der Waals surface area contributed by atoms with Crippen LogP contribution in [0.2, 0.25) is 0 Å². The molecule has 2 aliphatic carbocycles. The molecule has 0 saturated heterocycles. The monoisotopic (exact) mass is 740 g/mol. The van der Waals surface area contributed by atoms with Gasteiger partial charge < -0.3 is 14.2 Å². The first-order valence-electron chi connectivity index (χ1n) is 19.9. The maximum absolute atomic E-state index is 6.29. The molecule has 10 aromatic rings. The minimum Gasteiger partial charge on any atom is -0.456 e. The summed E-state index contributed by atoms with van der Waals surface area (Å²) in [6.45, 7) is 0. The van der Waals surface area contributed by atoms with Crippen LogP contribution in [0.25, 0.3) is 44.2 Å². The van der Waals surface area contributed by atoms with E-state index in [4.69, 9.17) is 4.42 Å². The number of benzene rings is 9. The minimum absolute atomic E-state index is 0.546. The summed E-state index contributed by atoms with van der Waals surface area (Å²) in [6, 6.07) is 79.3. The predicted octanol–water partition coefficient (Wildman–Crippen LogP) is 14.9. The summed E-state index contributed by atoms with van der Waals surface area (Å²) in [5.41, 5.74) is 18.2. The van der Waals surface area contributed by atoms with Crippen molar-refractivity contribution in [2.24, 2.45) is 0 Å². The molecule has 1 unspecified atom stereocenters. The first-order valence-corrected chi connectivity index (χ1v) is 19.9. The quantitative estimate of drug-likeness (QED) is 0.169. The van der Waals surface area contributed by atoms with E-state index in [-0.39, 0.29) is 0 Å². The zero-order valence-corrected chi connectivity index (χ0v) is 31.6. The Kier molecular flexibility index (Phi) is 7.14. The molecule has 1 aromatic heterocycles. The van der Waals surface area contributed by atoms with E-state index in [9.17, 15) is 0 Å². The zero-order valence-electron chi connectivity index (χ0n) is 31.6. The molecule has 272 valence electrons. The van der Waals surface area contributed by atoms with Crippen LogP contribution in [0, 0.1) is 0 Å². The number of hydrogen-bond acceptors (Lipinski definition) is 3. The topological polar surface area (TPSA) is 19.6 Å². The van der Waals surface area contributed by atoms with E-state index in [0.29, 0.717) is 0 Å². The number of fused-ring (bicyclic) bond motifs is 13. The van der Waals surface area contributed by atoms with E-state index < -0.39 is 5.41 Å². The van der Waals surface area contributed by atoms with Crippen LogP contribution in [0.3, 0.4) is 0 Å². The van der Waals surface area contributed by atoms with Crippen LogP contribution < -0.4 is 9.80 Å². The Morgan fingerprint density at radius 1 is 0.310 bits per heavy atom. The van der Waals surface area contributed by atoms with Gasteiger partial charge in [-0.2, -0.15) is 0 Å². The van der Waals surface area contributed by atoms with E-state index >= 15 is 0 Å². The molecule has 2 aliphatic rings. The number of anilines is 6. The third-order valence-corrected chi connectivity index (χ3v) is 12.2. The summed E-state index contributed by atoms with van der Waals surface area (Å²) < 4.78 is 6.29. The van der Waals surface area contributed by atoms with Gasteiger partial charge in [0.25, 0.3) is 0 Å². The third kappa shape index (κ3) is 4.62. The summed E-state index contributed by atoms with van der Waals surface area (Å²) in [5.74, 6) is 0. The lowest BCUT2D eigenvalue weighted by Gasteiger charge is -2.33. The second-order valence-electron chi connectivity index (χ2n) is 15.2. The van der Waals surface area contributed by atoms with Crippen LogP contribution in [-0.4, -0.2) is 0 Å². The maximum atomic E-state index is 6.29. The average Bonchev–Trinajstić information content (AvgIpc) is 3.92. The van der Waals surface area contributed by atoms with Crippen LogP contribution in [0.1, 0.15) is 22.3 Å². The van der Waals surface area contributed by atoms with Gasteiger partial charge in [0.15, 0.2) is 0 Å². The molecule has 1 atom stereocenters. The molecule has 12 rings (SSSR count). The van der Waals surface area contributed by atoms with Gasteiger partial charge in [-0.1, -0.05) is 140 Å². The lowest BCUT2D eigenvalue weighted by molar-refractivity contribution is 0.669. The van der Waals surface area contributed by atoms with E-state index in [2.05, 4.69) is 216 Å². The normalized spacial score (nSPS) is 14.6. The summed E-state index contributed by atoms with van der Waals surface area (Å²) in [5, 5.41) is 2.22. The lowest BCUT2D eigenvalue weighted by Crippen LogP contribution is -2.26. The highest BCUT2D eigenvalue weighted by atomic mass is 16.3. The molecule has 0 aliphatic heterocycles. The Hall–Kier alpha value is -7.62. The van der Waals surface area contributed by atoms with Crippen molar-refractivity contribution in [2.75, 3.05) is 9.80 Å². The minimum atomic E-state index is -0.546. The van der Waals surface area contributed by atoms with Crippen molar-refractivity contribution in [3.05, 3.63) is 241 Å². The van der Waals surface area contributed by atoms with Gasteiger partial charge in [0.2, 0.25) is 0 Å². The zero-order chi connectivity index (χ0) is 38.2. The van der Waals surface area contributed by atoms with Crippen molar-refractivity contribution in [1.29, 1.82) is 0 Å². The summed E-state index contributed by atoms with van der Waals surface area (Å²) in [6.07, 6.45) is 0. The summed E-state index contributed by atoms with van der Waals surface area (Å²) in [4.78, 5) is 4.81. The molecule has 0 saturated carbocycles. The van der Waals surface area contributed by atoms with Gasteiger partial charge in [0.1, 0.15) is 11.2 Å². The van der Waals surface area contributed by atoms with Crippen LogP contribution in [0.5, 0.6) is 0 Å². The van der Waals surface area contributed by atoms with Crippen LogP contribution >= 0.6 is 0 Å². The Labute approximate surface area is 337 Å². The fourth-order valence-electron chi connectivity index (χ4n) is 9.94. The molecule has 3 nitrogen and oxygen atoms in total. The lowest BCUT2D eigenvalue weighted by atomic mass is 9.70. The molecule has 0 fully saturated rings. The molecule has 1 spiro atoms. The van der Waals surface area contributed by atoms with Gasteiger partial charge in [-0.05, 0) is 118 Å². The summed E-state index contributed by atoms with van der Waals surface area (Å²) in [7, 11) is 0. The van der Waals surface area contributed by atoms with Crippen LogP contribution in [0.4, 0.5) is 34.1 Å². The first kappa shape index (κ1) is 32.6. The standard InChI is InChI=1S/C55H36N2O/c1-4-17-37(18-5-1)56(40-32-34-53-46(35-40)44-24-12-15-30-52(44)58-53)41-31-33-43-42-23-10-13-26-47(42)55(50(43)36-41)48-27-14-11-25-45(48)54-49(55)28-16-29-51(54)57(38-19-6-2-7-20-38)39-21-8-3-9-22-39/h1-36H. The van der Waals surface area contributed by atoms with Gasteiger partial charge in [-0.25, -0.2) is 0 Å². The van der Waals surface area contributed by atoms with Gasteiger partial charge in [0.05, 0.1) is 11.1 Å². The van der Waals surface area contributed by atoms with Gasteiger partial charge in [-0.15, -0.1) is 0 Å². The van der Waals surface area contributed by atoms with E-state index in [1.54, 1.807) is 0 Å². The second kappa shape index (κ2) is 12.7. The number of nitrogens with zero attached hydrogens (tertiary/aromatic N) is 2. The number of hydrogen-bond donors (Lipinski definition) is 0. The fourth-order valence-corrected chi connectivity index (χ4v) is 9.94. The summed E-state index contributed by atoms with van der Waals surface area (Å²) >= 11 is 0. The van der Waals surface area contributed by atoms with E-state index in [1.807, 2.05) is 12.1 Å². The second-order valence-corrected chi connectivity index (χ2v) is 15.2. The van der Waals surface area contributed by atoms with Crippen molar-refractivity contribution >= 4 is 56.1 Å². The fraction of sp³-hybridized carbons (Fsp3) is 0.0182. The third-order valence-electron chi connectivity index (χ3n) is 12.2. The highest BCUT2D eigenvalue weighted by molar-refractivity contribution is 6.07. The SMILES string of the molecule is c1ccc(N(c2ccc3c(c2)C2(c4ccccc4-3)c3ccccc3-c3c(N(c4ccccc4)c4ccccc4)cccc32)c2ccc3oc4ccccc4c3c2)cc1. The van der Waals surface area contributed by atoms with Crippen molar-refractivity contribution in [1.82, 2.24) is 0 Å². The maximum Gasteiger partial charge on any atom is 0.135 e. The number of furan rings is 1. The van der Waals surface area contributed by atoms with Crippen molar-refractivity contribution < 1.29 is 4.42 Å². The van der Waals surface area contributed by atoms with Gasteiger partial charge in [-0.3, -0.25) is 0 Å². The molecule has 1 heterocycles. The molecule has 3 heteroatoms. The van der Waals surface area contributed by atoms with Crippen molar-refractivity contribution in [2.45, 2.75) is 5.41 Å². The molecule has 58 heavy (non-hydrogen) atoms. The molecule has 0 N–H and O–H groups in total. The first-order chi connectivity index (χ1) is 28.8. The van der Waals surface area contributed by atoms with Gasteiger partial charge >= 0.3 is 0 Å². The average molecular weight is 741 g/mol. The molecule has 0 bridgehead atoms. The van der Waals surface area contributed by atoms with Crippen molar-refractivity contribution in [3.8, 4) is 22.3 Å². The Balaban J connectivity index is 1.13. The Bertz CT molecular complexity index is 3150. The van der Waals surface area contributed by atoms with Crippen molar-refractivity contribution in [3.63, 3.8) is 0 Å². The highest BCUT2D eigenvalue weighted by Crippen LogP contribution is 2.65. The number of rotatable bonds is 6.